The van der Waals surface area contributed by atoms with E-state index >= 15 is 0 Å². The van der Waals surface area contributed by atoms with Crippen molar-refractivity contribution >= 4 is 11.8 Å². The summed E-state index contributed by atoms with van der Waals surface area (Å²) in [5, 5.41) is 1.96. The van der Waals surface area contributed by atoms with E-state index in [-0.39, 0.29) is 12.4 Å². The first-order chi connectivity index (χ1) is 7.34. The van der Waals surface area contributed by atoms with Crippen molar-refractivity contribution in [3.05, 3.63) is 17.6 Å². The molecule has 1 aromatic rings. The molecule has 1 amide bonds. The van der Waals surface area contributed by atoms with E-state index in [1.807, 2.05) is 5.32 Å². The Morgan fingerprint density at radius 2 is 2.19 bits per heavy atom. The number of carbonyl (C=O) groups excluding carboxylic acids is 1. The normalized spacial score (nSPS) is 11.3. The third kappa shape index (κ3) is 2.91. The Balaban J connectivity index is 2.91. The molecule has 0 unspecified atom stereocenters. The predicted octanol–water partition coefficient (Wildman–Crippen LogP) is 3.18. The fourth-order valence-electron chi connectivity index (χ4n) is 1.09. The van der Waals surface area contributed by atoms with Gasteiger partial charge in [0.2, 0.25) is 5.76 Å². The van der Waals surface area contributed by atoms with E-state index in [0.29, 0.717) is 0 Å². The van der Waals surface area contributed by atoms with Crippen LogP contribution in [-0.2, 0) is 10.9 Å². The van der Waals surface area contributed by atoms with E-state index in [9.17, 15) is 18.0 Å². The fraction of sp³-hybridized carbons (Fsp3) is 0.444. The number of aryl methyl sites for hydroxylation is 1. The Morgan fingerprint density at radius 1 is 1.56 bits per heavy atom. The minimum Gasteiger partial charge on any atom is -0.455 e. The van der Waals surface area contributed by atoms with Gasteiger partial charge in [0.15, 0.2) is 0 Å². The van der Waals surface area contributed by atoms with Crippen molar-refractivity contribution in [2.24, 2.45) is 0 Å². The average Bonchev–Trinajstić information content (AvgIpc) is 2.46. The highest BCUT2D eigenvalue weighted by Gasteiger charge is 2.38. The number of rotatable bonds is 2. The molecule has 0 bridgehead atoms. The molecule has 0 saturated heterocycles. The van der Waals surface area contributed by atoms with Crippen molar-refractivity contribution in [3.63, 3.8) is 0 Å². The maximum Gasteiger partial charge on any atom is 0.451 e. The summed E-state index contributed by atoms with van der Waals surface area (Å²) in [5.41, 5.74) is -0.441. The molecule has 0 aromatic carbocycles. The molecule has 1 N–H and O–H groups in total. The van der Waals surface area contributed by atoms with Crippen molar-refractivity contribution < 1.29 is 27.1 Å². The molecule has 0 spiro atoms. The van der Waals surface area contributed by atoms with Crippen molar-refractivity contribution in [1.29, 1.82) is 0 Å². The van der Waals surface area contributed by atoms with Crippen LogP contribution >= 0.6 is 0 Å². The van der Waals surface area contributed by atoms with Crippen molar-refractivity contribution in [3.8, 4) is 0 Å². The molecular formula is C9H10F3NO3. The average molecular weight is 237 g/mol. The zero-order chi connectivity index (χ0) is 12.3. The summed E-state index contributed by atoms with van der Waals surface area (Å²) in [6.45, 7) is 2.97. The lowest BCUT2D eigenvalue weighted by molar-refractivity contribution is -0.152. The summed E-state index contributed by atoms with van der Waals surface area (Å²) >= 11 is 0. The molecule has 7 heteroatoms. The Bertz CT molecular complexity index is 384. The number of hydrogen-bond acceptors (Lipinski definition) is 3. The van der Waals surface area contributed by atoms with E-state index in [1.165, 1.54) is 6.92 Å². The van der Waals surface area contributed by atoms with E-state index in [4.69, 9.17) is 0 Å². The van der Waals surface area contributed by atoms with Gasteiger partial charge in [0.1, 0.15) is 5.76 Å². The summed E-state index contributed by atoms with van der Waals surface area (Å²) in [4.78, 5) is 11.0. The molecule has 4 nitrogen and oxygen atoms in total. The number of alkyl halides is 3. The topological polar surface area (TPSA) is 51.5 Å². The standard InChI is InChI=1S/C9H10F3NO3/c1-3-15-8(14)13-6-4-5(2)16-7(6)9(10,11)12/h4H,3H2,1-2H3,(H,13,14). The van der Waals surface area contributed by atoms with Crippen molar-refractivity contribution in [2.45, 2.75) is 20.0 Å². The van der Waals surface area contributed by atoms with Crippen LogP contribution in [0.4, 0.5) is 23.7 Å². The zero-order valence-electron chi connectivity index (χ0n) is 8.64. The monoisotopic (exact) mass is 237 g/mol. The van der Waals surface area contributed by atoms with E-state index in [2.05, 4.69) is 9.15 Å². The minimum atomic E-state index is -4.65. The Morgan fingerprint density at radius 3 is 2.69 bits per heavy atom. The van der Waals surface area contributed by atoms with Crippen molar-refractivity contribution in [1.82, 2.24) is 0 Å². The highest BCUT2D eigenvalue weighted by molar-refractivity contribution is 5.85. The molecule has 0 radical (unpaired) electrons. The SMILES string of the molecule is CCOC(=O)Nc1cc(C)oc1C(F)(F)F. The number of halogens is 3. The van der Waals surface area contributed by atoms with Crippen LogP contribution in [0.5, 0.6) is 0 Å². The van der Waals surface area contributed by atoms with Crippen LogP contribution < -0.4 is 5.32 Å². The molecule has 1 rings (SSSR count). The van der Waals surface area contributed by atoms with Crippen LogP contribution in [0.25, 0.3) is 0 Å². The molecule has 0 aliphatic rings. The summed E-state index contributed by atoms with van der Waals surface area (Å²) < 4.78 is 46.2. The maximum atomic E-state index is 12.4. The zero-order valence-corrected chi connectivity index (χ0v) is 8.64. The van der Waals surface area contributed by atoms with E-state index < -0.39 is 23.7 Å². The highest BCUT2D eigenvalue weighted by atomic mass is 19.4. The van der Waals surface area contributed by atoms with Gasteiger partial charge in [0, 0.05) is 6.07 Å². The van der Waals surface area contributed by atoms with Crippen LogP contribution in [0.2, 0.25) is 0 Å². The second-order valence-corrected chi connectivity index (χ2v) is 2.94. The summed E-state index contributed by atoms with van der Waals surface area (Å²) in [5.74, 6) is -1.18. The van der Waals surface area contributed by atoms with Gasteiger partial charge in [0.05, 0.1) is 12.3 Å². The molecule has 0 fully saturated rings. The number of ether oxygens (including phenoxy) is 1. The summed E-state index contributed by atoms with van der Waals surface area (Å²) in [7, 11) is 0. The first-order valence-corrected chi connectivity index (χ1v) is 4.46. The molecule has 90 valence electrons. The maximum absolute atomic E-state index is 12.4. The number of furan rings is 1. The van der Waals surface area contributed by atoms with Crippen molar-refractivity contribution in [2.75, 3.05) is 11.9 Å². The highest BCUT2D eigenvalue weighted by Crippen LogP contribution is 2.36. The van der Waals surface area contributed by atoms with Crippen LogP contribution in [0, 0.1) is 6.92 Å². The number of amides is 1. The smallest absolute Gasteiger partial charge is 0.451 e. The molecule has 0 saturated carbocycles. The van der Waals surface area contributed by atoms with Crippen LogP contribution in [0.1, 0.15) is 18.4 Å². The molecular weight excluding hydrogens is 227 g/mol. The number of hydrogen-bond donors (Lipinski definition) is 1. The third-order valence-corrected chi connectivity index (χ3v) is 1.62. The molecule has 0 atom stereocenters. The summed E-state index contributed by atoms with van der Waals surface area (Å²) in [6, 6.07) is 1.08. The largest absolute Gasteiger partial charge is 0.455 e. The number of carbonyl (C=O) groups is 1. The van der Waals surface area contributed by atoms with Crippen LogP contribution in [0.15, 0.2) is 10.5 Å². The van der Waals surface area contributed by atoms with Gasteiger partial charge in [-0.2, -0.15) is 13.2 Å². The Hall–Kier alpha value is -1.66. The molecule has 16 heavy (non-hydrogen) atoms. The lowest BCUT2D eigenvalue weighted by Crippen LogP contribution is -2.16. The number of nitrogens with one attached hydrogen (secondary N) is 1. The third-order valence-electron chi connectivity index (χ3n) is 1.62. The first-order valence-electron chi connectivity index (χ1n) is 4.46. The van der Waals surface area contributed by atoms with Gasteiger partial charge < -0.3 is 9.15 Å². The first kappa shape index (κ1) is 12.4. The lowest BCUT2D eigenvalue weighted by atomic mass is 10.3. The molecule has 1 heterocycles. The van der Waals surface area contributed by atoms with E-state index in [0.717, 1.165) is 6.07 Å². The number of anilines is 1. The molecule has 0 aliphatic heterocycles. The Kier molecular flexibility index (Phi) is 3.46. The van der Waals surface area contributed by atoms with Gasteiger partial charge in [-0.3, -0.25) is 5.32 Å². The van der Waals surface area contributed by atoms with Gasteiger partial charge in [-0.25, -0.2) is 4.79 Å². The van der Waals surface area contributed by atoms with Gasteiger partial charge in [-0.15, -0.1) is 0 Å². The van der Waals surface area contributed by atoms with Gasteiger partial charge in [-0.1, -0.05) is 0 Å². The van der Waals surface area contributed by atoms with Gasteiger partial charge in [0.25, 0.3) is 0 Å². The second-order valence-electron chi connectivity index (χ2n) is 2.94. The second kappa shape index (κ2) is 4.46. The molecule has 1 aromatic heterocycles. The predicted molar refractivity (Wildman–Crippen MR) is 49.1 cm³/mol. The van der Waals surface area contributed by atoms with Gasteiger partial charge in [-0.05, 0) is 13.8 Å². The van der Waals surface area contributed by atoms with E-state index in [1.54, 1.807) is 6.92 Å². The Labute approximate surface area is 89.4 Å². The quantitative estimate of drug-likeness (QED) is 0.859. The van der Waals surface area contributed by atoms with Gasteiger partial charge >= 0.3 is 12.3 Å². The summed E-state index contributed by atoms with van der Waals surface area (Å²) in [6.07, 6.45) is -5.60. The minimum absolute atomic E-state index is 0.0547. The fourth-order valence-corrected chi connectivity index (χ4v) is 1.09. The molecule has 0 aliphatic carbocycles. The van der Waals surface area contributed by atoms with Crippen LogP contribution in [0.3, 0.4) is 0 Å². The van der Waals surface area contributed by atoms with Crippen LogP contribution in [-0.4, -0.2) is 12.7 Å². The lowest BCUT2D eigenvalue weighted by Gasteiger charge is -2.07.